The third kappa shape index (κ3) is 3.39. The number of oxazole rings is 1. The number of carbonyl (C=O) groups excluding carboxylic acids is 1. The molecule has 160 valence electrons. The molecule has 1 aliphatic heterocycles. The van der Waals surface area contributed by atoms with E-state index in [0.29, 0.717) is 11.2 Å². The van der Waals surface area contributed by atoms with E-state index >= 15 is 0 Å². The van der Waals surface area contributed by atoms with E-state index in [-0.39, 0.29) is 17.8 Å². The predicted molar refractivity (Wildman–Crippen MR) is 119 cm³/mol. The van der Waals surface area contributed by atoms with Crippen LogP contribution in [0.3, 0.4) is 0 Å². The number of non-ortho nitro benzene ring substituents is 1. The number of nitrogens with zero attached hydrogens (tertiary/aromatic N) is 3. The van der Waals surface area contributed by atoms with E-state index in [1.54, 1.807) is 0 Å². The Balaban J connectivity index is 1.41. The summed E-state index contributed by atoms with van der Waals surface area (Å²) in [6.45, 7) is 0.519. The van der Waals surface area contributed by atoms with Gasteiger partial charge in [0.15, 0.2) is 5.58 Å². The average Bonchev–Trinajstić information content (AvgIpc) is 3.34. The van der Waals surface area contributed by atoms with Gasteiger partial charge in [0.25, 0.3) is 5.69 Å². The van der Waals surface area contributed by atoms with Crippen molar-refractivity contribution < 1.29 is 14.1 Å². The van der Waals surface area contributed by atoms with Gasteiger partial charge < -0.3 is 14.6 Å². The maximum absolute atomic E-state index is 12.8. The molecule has 9 nitrogen and oxygen atoms in total. The molecule has 3 aromatic carbocycles. The van der Waals surface area contributed by atoms with E-state index in [0.717, 1.165) is 28.9 Å². The maximum Gasteiger partial charge on any atom is 0.420 e. The fourth-order valence-electron chi connectivity index (χ4n) is 4.05. The average molecular weight is 430 g/mol. The molecule has 1 aromatic heterocycles. The van der Waals surface area contributed by atoms with Crippen molar-refractivity contribution >= 4 is 39.8 Å². The van der Waals surface area contributed by atoms with Crippen LogP contribution in [0.25, 0.3) is 11.1 Å². The highest BCUT2D eigenvalue weighted by atomic mass is 16.6. The molecule has 1 amide bonds. The van der Waals surface area contributed by atoms with Crippen molar-refractivity contribution in [1.29, 1.82) is 0 Å². The van der Waals surface area contributed by atoms with Crippen LogP contribution in [0.4, 0.5) is 22.7 Å². The van der Waals surface area contributed by atoms with Crippen molar-refractivity contribution in [3.63, 3.8) is 0 Å². The summed E-state index contributed by atoms with van der Waals surface area (Å²) in [4.78, 5) is 37.6. The first-order valence-corrected chi connectivity index (χ1v) is 10.0. The lowest BCUT2D eigenvalue weighted by molar-refractivity contribution is -0.384. The molecule has 4 aromatic rings. The normalized spacial score (nSPS) is 12.7. The lowest BCUT2D eigenvalue weighted by atomic mass is 10.2. The molecule has 0 spiro atoms. The smallest absolute Gasteiger partial charge is 0.407 e. The van der Waals surface area contributed by atoms with Crippen LogP contribution in [0.2, 0.25) is 0 Å². The summed E-state index contributed by atoms with van der Waals surface area (Å²) in [6, 6.07) is 19.5. The number of nitro benzene ring substituents is 1. The van der Waals surface area contributed by atoms with Gasteiger partial charge in [-0.25, -0.2) is 4.79 Å². The Morgan fingerprint density at radius 3 is 2.62 bits per heavy atom. The highest BCUT2D eigenvalue weighted by Crippen LogP contribution is 2.38. The number of amides is 1. The molecule has 0 atom stereocenters. The number of benzene rings is 3. The van der Waals surface area contributed by atoms with E-state index in [1.165, 1.54) is 23.8 Å². The van der Waals surface area contributed by atoms with Gasteiger partial charge in [-0.15, -0.1) is 0 Å². The van der Waals surface area contributed by atoms with Crippen LogP contribution < -0.4 is 16.0 Å². The molecule has 2 heterocycles. The number of hydrogen-bond donors (Lipinski definition) is 1. The largest absolute Gasteiger partial charge is 0.420 e. The zero-order chi connectivity index (χ0) is 22.2. The molecule has 0 bridgehead atoms. The van der Waals surface area contributed by atoms with Gasteiger partial charge in [0.2, 0.25) is 5.91 Å². The van der Waals surface area contributed by atoms with Gasteiger partial charge in [-0.3, -0.25) is 19.5 Å². The number of nitrogens with one attached hydrogen (secondary N) is 1. The molecule has 1 aliphatic rings. The van der Waals surface area contributed by atoms with Crippen molar-refractivity contribution in [3.8, 4) is 0 Å². The quantitative estimate of drug-likeness (QED) is 0.380. The highest BCUT2D eigenvalue weighted by Gasteiger charge is 2.23. The Hall–Kier alpha value is -4.40. The zero-order valence-electron chi connectivity index (χ0n) is 16.9. The number of carbonyl (C=O) groups is 1. The molecule has 0 fully saturated rings. The number of para-hydroxylation sites is 3. The summed E-state index contributed by atoms with van der Waals surface area (Å²) in [5, 5.41) is 13.8. The molecule has 32 heavy (non-hydrogen) atoms. The van der Waals surface area contributed by atoms with Crippen molar-refractivity contribution in [1.82, 2.24) is 4.57 Å². The van der Waals surface area contributed by atoms with Crippen molar-refractivity contribution in [2.45, 2.75) is 13.0 Å². The predicted octanol–water partition coefficient (Wildman–Crippen LogP) is 3.84. The maximum atomic E-state index is 12.8. The minimum absolute atomic E-state index is 0.0612. The summed E-state index contributed by atoms with van der Waals surface area (Å²) in [6.07, 6.45) is 0.918. The molecule has 0 saturated heterocycles. The van der Waals surface area contributed by atoms with Gasteiger partial charge in [0.1, 0.15) is 6.54 Å². The number of anilines is 3. The Labute approximate surface area is 181 Å². The number of rotatable bonds is 5. The summed E-state index contributed by atoms with van der Waals surface area (Å²) in [7, 11) is 0. The Morgan fingerprint density at radius 1 is 1.06 bits per heavy atom. The first kappa shape index (κ1) is 19.6. The van der Waals surface area contributed by atoms with Crippen LogP contribution in [0.15, 0.2) is 75.9 Å². The minimum Gasteiger partial charge on any atom is -0.407 e. The third-order valence-corrected chi connectivity index (χ3v) is 5.52. The lowest BCUT2D eigenvalue weighted by Gasteiger charge is -2.23. The monoisotopic (exact) mass is 430 g/mol. The second-order valence-electron chi connectivity index (χ2n) is 7.46. The summed E-state index contributed by atoms with van der Waals surface area (Å²) in [5.74, 6) is -1.16. The number of hydrogen-bond acceptors (Lipinski definition) is 6. The van der Waals surface area contributed by atoms with Crippen LogP contribution >= 0.6 is 0 Å². The lowest BCUT2D eigenvalue weighted by Crippen LogP contribution is -2.25. The number of nitro groups is 1. The van der Waals surface area contributed by atoms with Crippen LogP contribution in [-0.2, 0) is 17.8 Å². The van der Waals surface area contributed by atoms with Crippen LogP contribution in [0.1, 0.15) is 5.56 Å². The molecule has 0 saturated carbocycles. The molecular formula is C23H18N4O5. The first-order valence-electron chi connectivity index (χ1n) is 10.0. The fourth-order valence-corrected chi connectivity index (χ4v) is 4.05. The molecule has 1 N–H and O–H groups in total. The van der Waals surface area contributed by atoms with E-state index in [2.05, 4.69) is 22.3 Å². The number of fused-ring (bicyclic) bond motifs is 2. The number of aromatic nitrogens is 1. The van der Waals surface area contributed by atoms with Gasteiger partial charge in [0, 0.05) is 18.3 Å². The Morgan fingerprint density at radius 2 is 1.81 bits per heavy atom. The van der Waals surface area contributed by atoms with Gasteiger partial charge in [-0.05, 0) is 36.2 Å². The highest BCUT2D eigenvalue weighted by molar-refractivity contribution is 5.96. The second kappa shape index (κ2) is 7.69. The topological polar surface area (TPSA) is 111 Å². The Kier molecular flexibility index (Phi) is 4.70. The molecule has 0 unspecified atom stereocenters. The fraction of sp³-hybridized carbons (Fsp3) is 0.130. The second-order valence-corrected chi connectivity index (χ2v) is 7.46. The van der Waals surface area contributed by atoms with Crippen molar-refractivity contribution in [3.05, 3.63) is 93.0 Å². The standard InChI is InChI=1S/C23H18N4O5/c28-22(14-26-20-10-9-16(27(30)31)13-21(20)32-23(26)29)24-17-6-2-4-8-19(17)25-12-11-15-5-1-3-7-18(15)25/h1-10,13H,11-12,14H2,(H,24,28). The molecule has 0 radical (unpaired) electrons. The van der Waals surface area contributed by atoms with E-state index < -0.39 is 16.6 Å². The van der Waals surface area contributed by atoms with Gasteiger partial charge in [-0.1, -0.05) is 30.3 Å². The molecular weight excluding hydrogens is 412 g/mol. The van der Waals surface area contributed by atoms with E-state index in [9.17, 15) is 19.7 Å². The molecule has 5 rings (SSSR count). The van der Waals surface area contributed by atoms with Crippen molar-refractivity contribution in [2.75, 3.05) is 16.8 Å². The third-order valence-electron chi connectivity index (χ3n) is 5.52. The van der Waals surface area contributed by atoms with Crippen LogP contribution in [0, 0.1) is 10.1 Å². The Bertz CT molecular complexity index is 1420. The summed E-state index contributed by atoms with van der Waals surface area (Å²) < 4.78 is 6.25. The van der Waals surface area contributed by atoms with Crippen LogP contribution in [-0.4, -0.2) is 21.9 Å². The molecule has 0 aliphatic carbocycles. The summed E-state index contributed by atoms with van der Waals surface area (Å²) >= 11 is 0. The van der Waals surface area contributed by atoms with Crippen LogP contribution in [0.5, 0.6) is 0 Å². The first-order chi connectivity index (χ1) is 15.5. The van der Waals surface area contributed by atoms with Gasteiger partial charge in [0.05, 0.1) is 27.9 Å². The van der Waals surface area contributed by atoms with Gasteiger partial charge >= 0.3 is 5.76 Å². The summed E-state index contributed by atoms with van der Waals surface area (Å²) in [5.41, 5.74) is 4.04. The minimum atomic E-state index is -0.752. The zero-order valence-corrected chi connectivity index (χ0v) is 16.9. The van der Waals surface area contributed by atoms with Crippen molar-refractivity contribution in [2.24, 2.45) is 0 Å². The molecule has 9 heteroatoms. The van der Waals surface area contributed by atoms with E-state index in [4.69, 9.17) is 4.42 Å². The SMILES string of the molecule is O=C(Cn1c(=O)oc2cc([N+](=O)[O-])ccc21)Nc1ccccc1N1CCc2ccccc21. The van der Waals surface area contributed by atoms with Gasteiger partial charge in [-0.2, -0.15) is 0 Å². The van der Waals surface area contributed by atoms with E-state index in [1.807, 2.05) is 36.4 Å².